The Morgan fingerprint density at radius 1 is 0.971 bits per heavy atom. The molecule has 4 rings (SSSR count). The van der Waals surface area contributed by atoms with Crippen molar-refractivity contribution >= 4 is 28.8 Å². The second-order valence-electron chi connectivity index (χ2n) is 9.29. The maximum Gasteiger partial charge on any atom is 0.279 e. The van der Waals surface area contributed by atoms with Crippen molar-refractivity contribution in [2.75, 3.05) is 4.90 Å². The first-order valence-corrected chi connectivity index (χ1v) is 12.3. The monoisotopic (exact) mass is 484 g/mol. The fourth-order valence-corrected chi connectivity index (χ4v) is 4.49. The van der Waals surface area contributed by atoms with Gasteiger partial charge in [-0.2, -0.15) is 11.3 Å². The summed E-state index contributed by atoms with van der Waals surface area (Å²) in [6.45, 7) is 5.76. The topological polar surface area (TPSA) is 75.2 Å². The van der Waals surface area contributed by atoms with E-state index in [1.165, 1.54) is 40.4 Å². The lowest BCUT2D eigenvalue weighted by atomic mass is 10.0. The third-order valence-electron chi connectivity index (χ3n) is 5.33. The fourth-order valence-electron chi connectivity index (χ4n) is 3.81. The standard InChI is InChI=1S/C28H28N4O2S/c1-28(2,3)31-26(33)25(22-13-16-35-19-22)32(27(34)24-18-29-14-15-30-24)23-11-9-21(10-12-23)17-20-7-5-4-6-8-20/h4-16,18-19,25H,17H2,1-3H3,(H,31,33). The number of thiophene rings is 1. The summed E-state index contributed by atoms with van der Waals surface area (Å²) >= 11 is 1.48. The molecule has 0 radical (unpaired) electrons. The van der Waals surface area contributed by atoms with Crippen LogP contribution >= 0.6 is 11.3 Å². The Morgan fingerprint density at radius 2 is 1.69 bits per heavy atom. The van der Waals surface area contributed by atoms with E-state index in [0.29, 0.717) is 5.69 Å². The second kappa shape index (κ2) is 10.6. The van der Waals surface area contributed by atoms with Crippen molar-refractivity contribution in [2.45, 2.75) is 38.8 Å². The number of hydrogen-bond donors (Lipinski definition) is 1. The van der Waals surface area contributed by atoms with Gasteiger partial charge in [-0.15, -0.1) is 0 Å². The minimum atomic E-state index is -0.866. The third kappa shape index (κ3) is 6.19. The third-order valence-corrected chi connectivity index (χ3v) is 6.03. The van der Waals surface area contributed by atoms with Crippen LogP contribution in [0.2, 0.25) is 0 Å². The maximum absolute atomic E-state index is 13.8. The highest BCUT2D eigenvalue weighted by Crippen LogP contribution is 2.31. The van der Waals surface area contributed by atoms with Gasteiger partial charge in [-0.25, -0.2) is 4.98 Å². The summed E-state index contributed by atoms with van der Waals surface area (Å²) in [6, 6.07) is 19.0. The number of rotatable bonds is 7. The first-order valence-electron chi connectivity index (χ1n) is 11.4. The molecule has 0 saturated heterocycles. The van der Waals surface area contributed by atoms with Gasteiger partial charge in [-0.3, -0.25) is 19.5 Å². The van der Waals surface area contributed by atoms with Crippen LogP contribution < -0.4 is 10.2 Å². The Kier molecular flexibility index (Phi) is 7.36. The number of benzene rings is 2. The molecule has 6 nitrogen and oxygen atoms in total. The van der Waals surface area contributed by atoms with Crippen molar-refractivity contribution in [1.29, 1.82) is 0 Å². The SMILES string of the molecule is CC(C)(C)NC(=O)C(c1ccsc1)N(C(=O)c1cnccn1)c1ccc(Cc2ccccc2)cc1. The molecule has 2 aromatic heterocycles. The van der Waals surface area contributed by atoms with Crippen LogP contribution in [0.1, 0.15) is 54.0 Å². The molecule has 0 aliphatic heterocycles. The van der Waals surface area contributed by atoms with E-state index in [1.54, 1.807) is 0 Å². The second-order valence-corrected chi connectivity index (χ2v) is 10.1. The van der Waals surface area contributed by atoms with Gasteiger partial charge in [-0.05, 0) is 72.8 Å². The number of amides is 2. The zero-order valence-corrected chi connectivity index (χ0v) is 20.8. The molecule has 2 heterocycles. The first-order chi connectivity index (χ1) is 16.8. The highest BCUT2D eigenvalue weighted by molar-refractivity contribution is 7.08. The Balaban J connectivity index is 1.75. The lowest BCUT2D eigenvalue weighted by Gasteiger charge is -2.33. The molecule has 1 N–H and O–H groups in total. The predicted octanol–water partition coefficient (Wildman–Crippen LogP) is 5.43. The Bertz CT molecular complexity index is 1250. The number of nitrogens with one attached hydrogen (secondary N) is 1. The smallest absolute Gasteiger partial charge is 0.279 e. The van der Waals surface area contributed by atoms with Crippen LogP contribution in [0.5, 0.6) is 0 Å². The van der Waals surface area contributed by atoms with Crippen LogP contribution in [0, 0.1) is 0 Å². The molecular weight excluding hydrogens is 456 g/mol. The van der Waals surface area contributed by atoms with Crippen LogP contribution in [0.25, 0.3) is 0 Å². The largest absolute Gasteiger partial charge is 0.349 e. The molecule has 1 unspecified atom stereocenters. The van der Waals surface area contributed by atoms with Gasteiger partial charge in [0.15, 0.2) is 0 Å². The van der Waals surface area contributed by atoms with Crippen molar-refractivity contribution in [3.63, 3.8) is 0 Å². The first kappa shape index (κ1) is 24.3. The summed E-state index contributed by atoms with van der Waals surface area (Å²) in [7, 11) is 0. The number of nitrogens with zero attached hydrogens (tertiary/aromatic N) is 3. The van der Waals surface area contributed by atoms with E-state index in [-0.39, 0.29) is 11.6 Å². The van der Waals surface area contributed by atoms with Crippen LogP contribution in [-0.2, 0) is 11.2 Å². The summed E-state index contributed by atoms with van der Waals surface area (Å²) in [6.07, 6.45) is 5.19. The van der Waals surface area contributed by atoms with Gasteiger partial charge in [0.05, 0.1) is 6.20 Å². The molecule has 0 aliphatic carbocycles. The summed E-state index contributed by atoms with van der Waals surface area (Å²) in [5, 5.41) is 6.84. The minimum Gasteiger partial charge on any atom is -0.349 e. The quantitative estimate of drug-likeness (QED) is 0.379. The average Bonchev–Trinajstić information content (AvgIpc) is 3.37. The zero-order valence-electron chi connectivity index (χ0n) is 20.0. The van der Waals surface area contributed by atoms with E-state index in [2.05, 4.69) is 27.4 Å². The van der Waals surface area contributed by atoms with Crippen LogP contribution in [-0.4, -0.2) is 27.3 Å². The van der Waals surface area contributed by atoms with Crippen molar-refractivity contribution < 1.29 is 9.59 Å². The Hall–Kier alpha value is -3.84. The highest BCUT2D eigenvalue weighted by atomic mass is 32.1. The normalized spacial score (nSPS) is 12.1. The van der Waals surface area contributed by atoms with Gasteiger partial charge < -0.3 is 5.32 Å². The number of carbonyl (C=O) groups excluding carboxylic acids is 2. The summed E-state index contributed by atoms with van der Waals surface area (Å²) in [5.41, 5.74) is 3.36. The molecule has 35 heavy (non-hydrogen) atoms. The summed E-state index contributed by atoms with van der Waals surface area (Å²) < 4.78 is 0. The summed E-state index contributed by atoms with van der Waals surface area (Å²) in [5.74, 6) is -0.657. The van der Waals surface area contributed by atoms with Crippen molar-refractivity contribution in [3.8, 4) is 0 Å². The van der Waals surface area contributed by atoms with E-state index in [9.17, 15) is 9.59 Å². The summed E-state index contributed by atoms with van der Waals surface area (Å²) in [4.78, 5) is 37.1. The van der Waals surface area contributed by atoms with Gasteiger partial charge >= 0.3 is 0 Å². The molecule has 0 aliphatic rings. The molecular formula is C28H28N4O2S. The number of hydrogen-bond acceptors (Lipinski definition) is 5. The molecule has 4 aromatic rings. The van der Waals surface area contributed by atoms with E-state index in [0.717, 1.165) is 17.5 Å². The van der Waals surface area contributed by atoms with Crippen LogP contribution in [0.3, 0.4) is 0 Å². The van der Waals surface area contributed by atoms with Gasteiger partial charge in [-0.1, -0.05) is 42.5 Å². The lowest BCUT2D eigenvalue weighted by Crippen LogP contribution is -2.49. The molecule has 7 heteroatoms. The highest BCUT2D eigenvalue weighted by Gasteiger charge is 2.35. The van der Waals surface area contributed by atoms with Crippen molar-refractivity contribution in [3.05, 3.63) is 112 Å². The van der Waals surface area contributed by atoms with E-state index >= 15 is 0 Å². The van der Waals surface area contributed by atoms with E-state index < -0.39 is 17.5 Å². The van der Waals surface area contributed by atoms with E-state index in [1.807, 2.05) is 80.1 Å². The molecule has 1 atom stereocenters. The zero-order chi connectivity index (χ0) is 24.8. The molecule has 0 fully saturated rings. The number of anilines is 1. The van der Waals surface area contributed by atoms with E-state index in [4.69, 9.17) is 0 Å². The van der Waals surface area contributed by atoms with Gasteiger partial charge in [0.1, 0.15) is 11.7 Å². The minimum absolute atomic E-state index is 0.171. The number of aromatic nitrogens is 2. The lowest BCUT2D eigenvalue weighted by molar-refractivity contribution is -0.123. The van der Waals surface area contributed by atoms with Gasteiger partial charge in [0, 0.05) is 23.6 Å². The fraction of sp³-hybridized carbons (Fsp3) is 0.214. The Morgan fingerprint density at radius 3 is 2.29 bits per heavy atom. The molecule has 178 valence electrons. The molecule has 0 spiro atoms. The Labute approximate surface area is 209 Å². The average molecular weight is 485 g/mol. The molecule has 0 bridgehead atoms. The van der Waals surface area contributed by atoms with Gasteiger partial charge in [0.25, 0.3) is 5.91 Å². The van der Waals surface area contributed by atoms with Crippen LogP contribution in [0.4, 0.5) is 5.69 Å². The van der Waals surface area contributed by atoms with Crippen molar-refractivity contribution in [1.82, 2.24) is 15.3 Å². The van der Waals surface area contributed by atoms with Crippen LogP contribution in [0.15, 0.2) is 90.0 Å². The van der Waals surface area contributed by atoms with Crippen molar-refractivity contribution in [2.24, 2.45) is 0 Å². The van der Waals surface area contributed by atoms with Gasteiger partial charge in [0.2, 0.25) is 5.91 Å². The predicted molar refractivity (Wildman–Crippen MR) is 139 cm³/mol. The molecule has 0 saturated carbocycles. The molecule has 2 aromatic carbocycles. The number of carbonyl (C=O) groups is 2. The maximum atomic E-state index is 13.8. The molecule has 2 amide bonds.